The fourth-order valence-corrected chi connectivity index (χ4v) is 4.52. The van der Waals surface area contributed by atoms with Gasteiger partial charge in [-0.1, -0.05) is 24.3 Å². The third kappa shape index (κ3) is 4.72. The minimum absolute atomic E-state index is 0.0294. The van der Waals surface area contributed by atoms with Gasteiger partial charge in [-0.2, -0.15) is 0 Å². The van der Waals surface area contributed by atoms with E-state index in [0.717, 1.165) is 11.1 Å². The van der Waals surface area contributed by atoms with Crippen LogP contribution >= 0.6 is 0 Å². The molecule has 0 aliphatic heterocycles. The molecule has 7 nitrogen and oxygen atoms in total. The second-order valence-corrected chi connectivity index (χ2v) is 8.64. The predicted molar refractivity (Wildman–Crippen MR) is 113 cm³/mol. The van der Waals surface area contributed by atoms with Crippen molar-refractivity contribution in [2.24, 2.45) is 0 Å². The van der Waals surface area contributed by atoms with Crippen LogP contribution in [0.2, 0.25) is 0 Å². The summed E-state index contributed by atoms with van der Waals surface area (Å²) in [6.07, 6.45) is 0. The lowest BCUT2D eigenvalue weighted by Gasteiger charge is -2.16. The molecule has 0 saturated heterocycles. The van der Waals surface area contributed by atoms with Crippen LogP contribution in [-0.2, 0) is 16.6 Å². The summed E-state index contributed by atoms with van der Waals surface area (Å²) in [5.74, 6) is 0.377. The molecule has 30 heavy (non-hydrogen) atoms. The van der Waals surface area contributed by atoms with Crippen LogP contribution in [0.1, 0.15) is 38.6 Å². The van der Waals surface area contributed by atoms with Crippen LogP contribution in [0.3, 0.4) is 0 Å². The Hall–Kier alpha value is -3.10. The molecule has 0 aliphatic carbocycles. The largest absolute Gasteiger partial charge is 0.486 e. The molecule has 3 rings (SSSR count). The number of hydrogen-bond donors (Lipinski definition) is 2. The highest BCUT2D eigenvalue weighted by Gasteiger charge is 2.23. The average molecular weight is 429 g/mol. The number of carbonyl (C=O) groups excluding carboxylic acids is 1. The van der Waals surface area contributed by atoms with E-state index in [2.05, 4.69) is 10.3 Å². The van der Waals surface area contributed by atoms with Crippen molar-refractivity contribution in [2.45, 2.75) is 39.2 Å². The minimum Gasteiger partial charge on any atom is -0.486 e. The van der Waals surface area contributed by atoms with E-state index in [-0.39, 0.29) is 17.3 Å². The molecule has 1 aromatic heterocycles. The van der Waals surface area contributed by atoms with E-state index in [1.165, 1.54) is 6.07 Å². The first kappa shape index (κ1) is 21.6. The van der Waals surface area contributed by atoms with Crippen molar-refractivity contribution in [3.05, 3.63) is 82.3 Å². The number of benzene rings is 2. The van der Waals surface area contributed by atoms with Crippen LogP contribution in [0, 0.1) is 27.7 Å². The Bertz CT molecular complexity index is 1140. The number of aryl methyl sites for hydroxylation is 2. The molecule has 1 heterocycles. The summed E-state index contributed by atoms with van der Waals surface area (Å²) in [4.78, 5) is 14.7. The quantitative estimate of drug-likeness (QED) is 0.559. The summed E-state index contributed by atoms with van der Waals surface area (Å²) in [6, 6.07) is 14.2. The highest BCUT2D eigenvalue weighted by atomic mass is 32.2. The first-order valence-electron chi connectivity index (χ1n) is 9.35. The Morgan fingerprint density at radius 2 is 1.60 bits per heavy atom. The Kier molecular flexibility index (Phi) is 6.28. The van der Waals surface area contributed by atoms with Crippen molar-refractivity contribution in [1.29, 1.82) is 0 Å². The molecule has 158 valence electrons. The van der Waals surface area contributed by atoms with E-state index < -0.39 is 15.9 Å². The molecular formula is C22H24N2O5S. The molecule has 0 bridgehead atoms. The van der Waals surface area contributed by atoms with Gasteiger partial charge in [0.1, 0.15) is 18.1 Å². The number of furan rings is 1. The number of ether oxygens (including phenoxy) is 1. The van der Waals surface area contributed by atoms with Gasteiger partial charge in [0.05, 0.1) is 4.90 Å². The summed E-state index contributed by atoms with van der Waals surface area (Å²) < 4.78 is 36.6. The van der Waals surface area contributed by atoms with E-state index in [9.17, 15) is 13.2 Å². The maximum absolute atomic E-state index is 12.8. The van der Waals surface area contributed by atoms with Gasteiger partial charge in [0.15, 0.2) is 5.76 Å². The van der Waals surface area contributed by atoms with Gasteiger partial charge in [-0.05, 0) is 74.2 Å². The molecule has 0 fully saturated rings. The Balaban J connectivity index is 1.67. The molecule has 8 heteroatoms. The topological polar surface area (TPSA) is 97.6 Å². The molecule has 0 radical (unpaired) electrons. The molecule has 0 spiro atoms. The Morgan fingerprint density at radius 1 is 0.967 bits per heavy atom. The van der Waals surface area contributed by atoms with Gasteiger partial charge in [0, 0.05) is 0 Å². The van der Waals surface area contributed by atoms with Gasteiger partial charge in [-0.15, -0.1) is 4.83 Å². The van der Waals surface area contributed by atoms with E-state index in [1.807, 2.05) is 50.2 Å². The zero-order chi connectivity index (χ0) is 21.9. The van der Waals surface area contributed by atoms with Gasteiger partial charge in [-0.3, -0.25) is 10.2 Å². The maximum atomic E-state index is 12.8. The van der Waals surface area contributed by atoms with Crippen LogP contribution in [0.5, 0.6) is 5.75 Å². The average Bonchev–Trinajstić information content (AvgIpc) is 3.19. The number of hydrogen-bond acceptors (Lipinski definition) is 5. The smallest absolute Gasteiger partial charge is 0.301 e. The Labute approximate surface area is 176 Å². The summed E-state index contributed by atoms with van der Waals surface area (Å²) in [5.41, 5.74) is 5.20. The summed E-state index contributed by atoms with van der Waals surface area (Å²) >= 11 is 0. The molecule has 0 saturated carbocycles. The number of amides is 1. The van der Waals surface area contributed by atoms with Crippen molar-refractivity contribution in [3.63, 3.8) is 0 Å². The molecule has 2 N–H and O–H groups in total. The number of carbonyl (C=O) groups is 1. The lowest BCUT2D eigenvalue weighted by Crippen LogP contribution is -2.42. The van der Waals surface area contributed by atoms with Crippen molar-refractivity contribution >= 4 is 15.9 Å². The van der Waals surface area contributed by atoms with Crippen LogP contribution in [-0.4, -0.2) is 14.3 Å². The number of sulfonamides is 1. The van der Waals surface area contributed by atoms with Crippen molar-refractivity contribution in [1.82, 2.24) is 10.3 Å². The molecule has 1 amide bonds. The van der Waals surface area contributed by atoms with Gasteiger partial charge in [0.2, 0.25) is 0 Å². The zero-order valence-corrected chi connectivity index (χ0v) is 18.1. The lowest BCUT2D eigenvalue weighted by molar-refractivity contribution is 0.0913. The van der Waals surface area contributed by atoms with Crippen LogP contribution in [0.4, 0.5) is 0 Å². The first-order chi connectivity index (χ1) is 14.2. The molecule has 3 aromatic rings. The number of rotatable bonds is 7. The predicted octanol–water partition coefficient (Wildman–Crippen LogP) is 3.72. The third-order valence-electron chi connectivity index (χ3n) is 4.87. The fraction of sp³-hybridized carbons (Fsp3) is 0.227. The highest BCUT2D eigenvalue weighted by molar-refractivity contribution is 7.89. The van der Waals surface area contributed by atoms with Crippen LogP contribution in [0.15, 0.2) is 57.8 Å². The van der Waals surface area contributed by atoms with E-state index in [4.69, 9.17) is 9.15 Å². The highest BCUT2D eigenvalue weighted by Crippen LogP contribution is 2.25. The summed E-state index contributed by atoms with van der Waals surface area (Å²) in [7, 11) is -3.96. The zero-order valence-electron chi connectivity index (χ0n) is 17.3. The van der Waals surface area contributed by atoms with E-state index >= 15 is 0 Å². The van der Waals surface area contributed by atoms with Crippen molar-refractivity contribution < 1.29 is 22.4 Å². The van der Waals surface area contributed by atoms with Gasteiger partial charge >= 0.3 is 5.91 Å². The SMILES string of the molecule is Cc1cc(C)c(C)c(S(=O)(=O)NNC(=O)c2ccc(COc3ccccc3)o2)c1C. The van der Waals surface area contributed by atoms with Gasteiger partial charge in [0.25, 0.3) is 10.0 Å². The van der Waals surface area contributed by atoms with Gasteiger partial charge in [-0.25, -0.2) is 8.42 Å². The number of nitrogens with one attached hydrogen (secondary N) is 2. The normalized spacial score (nSPS) is 11.3. The van der Waals surface area contributed by atoms with E-state index in [0.29, 0.717) is 22.6 Å². The Morgan fingerprint density at radius 3 is 2.23 bits per heavy atom. The summed E-state index contributed by atoms with van der Waals surface area (Å²) in [6.45, 7) is 7.32. The fourth-order valence-electron chi connectivity index (χ4n) is 3.06. The summed E-state index contributed by atoms with van der Waals surface area (Å²) in [5, 5.41) is 0. The molecule has 0 aliphatic rings. The van der Waals surface area contributed by atoms with Crippen molar-refractivity contribution in [3.8, 4) is 5.75 Å². The first-order valence-corrected chi connectivity index (χ1v) is 10.8. The molecule has 0 atom stereocenters. The lowest BCUT2D eigenvalue weighted by atomic mass is 10.0. The molecule has 2 aromatic carbocycles. The number of para-hydroxylation sites is 1. The second kappa shape index (κ2) is 8.73. The third-order valence-corrected chi connectivity index (χ3v) is 6.40. The monoisotopic (exact) mass is 428 g/mol. The van der Waals surface area contributed by atoms with E-state index in [1.54, 1.807) is 19.9 Å². The number of hydrazine groups is 1. The van der Waals surface area contributed by atoms with Gasteiger partial charge < -0.3 is 9.15 Å². The second-order valence-electron chi connectivity index (χ2n) is 7.02. The van der Waals surface area contributed by atoms with Crippen LogP contribution < -0.4 is 15.0 Å². The van der Waals surface area contributed by atoms with Crippen LogP contribution in [0.25, 0.3) is 0 Å². The van der Waals surface area contributed by atoms with Crippen molar-refractivity contribution in [2.75, 3.05) is 0 Å². The molecular weight excluding hydrogens is 404 g/mol. The maximum Gasteiger partial charge on any atom is 0.301 e. The molecule has 0 unspecified atom stereocenters. The standard InChI is InChI=1S/C22H24N2O5S/c1-14-12-15(2)17(4)21(16(14)3)30(26,27)24-23-22(25)20-11-10-19(29-20)13-28-18-8-6-5-7-9-18/h5-12,24H,13H2,1-4H3,(H,23,25). The minimum atomic E-state index is -3.96.